The summed E-state index contributed by atoms with van der Waals surface area (Å²) in [6.45, 7) is 4.30. The van der Waals surface area contributed by atoms with Crippen molar-refractivity contribution in [2.75, 3.05) is 18.8 Å². The first-order valence-electron chi connectivity index (χ1n) is 10.8. The molecule has 0 amide bonds. The molecule has 5 rings (SSSR count). The summed E-state index contributed by atoms with van der Waals surface area (Å²) in [5.41, 5.74) is 10.4. The normalized spacial score (nSPS) is 17.1. The summed E-state index contributed by atoms with van der Waals surface area (Å²) in [6, 6.07) is 21.3. The number of nitrogens with one attached hydrogen (secondary N) is 1. The summed E-state index contributed by atoms with van der Waals surface area (Å²) in [5, 5.41) is 17.5. The number of nitrogen functional groups attached to an aromatic ring is 1. The highest BCUT2D eigenvalue weighted by molar-refractivity contribution is 5.86. The number of anilines is 1. The maximum absolute atomic E-state index is 9.42. The van der Waals surface area contributed by atoms with E-state index in [0.29, 0.717) is 17.2 Å². The number of hydrogen-bond acceptors (Lipinski definition) is 4. The number of likely N-dealkylation sites (tertiary alicyclic amines) is 1. The molecule has 2 aromatic heterocycles. The first kappa shape index (κ1) is 19.4. The van der Waals surface area contributed by atoms with Crippen molar-refractivity contribution in [3.05, 3.63) is 71.9 Å². The molecule has 6 heteroatoms. The Morgan fingerprint density at radius 3 is 2.87 bits per heavy atom. The van der Waals surface area contributed by atoms with Gasteiger partial charge < -0.3 is 10.3 Å². The zero-order valence-corrected chi connectivity index (χ0v) is 17.5. The molecule has 156 valence electrons. The van der Waals surface area contributed by atoms with Crippen molar-refractivity contribution in [3.8, 4) is 17.3 Å². The van der Waals surface area contributed by atoms with Crippen LogP contribution < -0.4 is 5.73 Å². The average Bonchev–Trinajstić information content (AvgIpc) is 3.37. The van der Waals surface area contributed by atoms with Crippen molar-refractivity contribution in [3.63, 3.8) is 0 Å². The Hall–Kier alpha value is -3.56. The zero-order chi connectivity index (χ0) is 21.2. The largest absolute Gasteiger partial charge is 0.381 e. The molecule has 1 atom stereocenters. The van der Waals surface area contributed by atoms with Crippen molar-refractivity contribution in [1.29, 1.82) is 5.26 Å². The predicted molar refractivity (Wildman–Crippen MR) is 123 cm³/mol. The number of benzene rings is 2. The van der Waals surface area contributed by atoms with Gasteiger partial charge in [-0.3, -0.25) is 10.00 Å². The fourth-order valence-electron chi connectivity index (χ4n) is 4.74. The molecule has 2 aromatic carbocycles. The molecular weight excluding hydrogens is 384 g/mol. The van der Waals surface area contributed by atoms with E-state index >= 15 is 0 Å². The topological polar surface area (TPSA) is 86.7 Å². The van der Waals surface area contributed by atoms with Gasteiger partial charge in [-0.15, -0.1) is 0 Å². The molecule has 1 aliphatic rings. The van der Waals surface area contributed by atoms with Gasteiger partial charge in [0.05, 0.1) is 5.69 Å². The van der Waals surface area contributed by atoms with Crippen molar-refractivity contribution < 1.29 is 0 Å². The van der Waals surface area contributed by atoms with E-state index in [0.717, 1.165) is 25.2 Å². The quantitative estimate of drug-likeness (QED) is 0.511. The van der Waals surface area contributed by atoms with E-state index in [9.17, 15) is 5.26 Å². The van der Waals surface area contributed by atoms with Gasteiger partial charge in [-0.2, -0.15) is 10.4 Å². The number of nitriles is 1. The van der Waals surface area contributed by atoms with Crippen LogP contribution in [-0.4, -0.2) is 32.8 Å². The lowest BCUT2D eigenvalue weighted by atomic mass is 9.97. The lowest BCUT2D eigenvalue weighted by molar-refractivity contribution is 0.157. The molecule has 6 nitrogen and oxygen atoms in total. The molecule has 0 spiro atoms. The van der Waals surface area contributed by atoms with E-state index in [1.54, 1.807) is 0 Å². The minimum absolute atomic E-state index is 0.244. The Labute approximate surface area is 181 Å². The highest BCUT2D eigenvalue weighted by atomic mass is 15.2. The Kier molecular flexibility index (Phi) is 5.19. The number of hydrogen-bond donors (Lipinski definition) is 2. The summed E-state index contributed by atoms with van der Waals surface area (Å²) in [4.78, 5) is 2.58. The first-order chi connectivity index (χ1) is 15.2. The van der Waals surface area contributed by atoms with Gasteiger partial charge >= 0.3 is 0 Å². The van der Waals surface area contributed by atoms with E-state index in [2.05, 4.69) is 80.5 Å². The fraction of sp³-hybridized carbons (Fsp3) is 0.280. The first-order valence-corrected chi connectivity index (χ1v) is 10.8. The Morgan fingerprint density at radius 1 is 1.16 bits per heavy atom. The summed E-state index contributed by atoms with van der Waals surface area (Å²) < 4.78 is 2.35. The van der Waals surface area contributed by atoms with Crippen LogP contribution in [0.2, 0.25) is 0 Å². The average molecular weight is 411 g/mol. The molecule has 1 aliphatic heterocycles. The lowest BCUT2D eigenvalue weighted by Gasteiger charge is -2.33. The van der Waals surface area contributed by atoms with E-state index in [-0.39, 0.29) is 5.82 Å². The van der Waals surface area contributed by atoms with Gasteiger partial charge in [-0.05, 0) is 48.4 Å². The second kappa shape index (κ2) is 8.29. The zero-order valence-electron chi connectivity index (χ0n) is 17.5. The number of nitrogens with two attached hydrogens (primary N) is 1. The molecular formula is C25H26N6. The molecule has 0 saturated carbocycles. The molecule has 4 aromatic rings. The molecule has 1 saturated heterocycles. The van der Waals surface area contributed by atoms with Gasteiger partial charge in [0.2, 0.25) is 0 Å². The highest BCUT2D eigenvalue weighted by Crippen LogP contribution is 2.29. The third kappa shape index (κ3) is 3.92. The van der Waals surface area contributed by atoms with Crippen LogP contribution in [-0.2, 0) is 13.1 Å². The molecule has 31 heavy (non-hydrogen) atoms. The van der Waals surface area contributed by atoms with E-state index in [1.165, 1.54) is 35.9 Å². The third-order valence-electron chi connectivity index (χ3n) is 6.28. The smallest absolute Gasteiger partial charge is 0.163 e. The minimum Gasteiger partial charge on any atom is -0.381 e. The van der Waals surface area contributed by atoms with Crippen LogP contribution in [0.15, 0.2) is 60.8 Å². The molecule has 1 fully saturated rings. The highest BCUT2D eigenvalue weighted by Gasteiger charge is 2.21. The fourth-order valence-corrected chi connectivity index (χ4v) is 4.74. The number of fused-ring (bicyclic) bond motifs is 1. The van der Waals surface area contributed by atoms with Crippen molar-refractivity contribution in [1.82, 2.24) is 19.7 Å². The van der Waals surface area contributed by atoms with Crippen LogP contribution in [0.3, 0.4) is 0 Å². The van der Waals surface area contributed by atoms with Crippen molar-refractivity contribution in [2.45, 2.75) is 25.9 Å². The Balaban J connectivity index is 1.36. The van der Waals surface area contributed by atoms with E-state index in [1.807, 2.05) is 6.07 Å². The summed E-state index contributed by atoms with van der Waals surface area (Å²) >= 11 is 0. The maximum Gasteiger partial charge on any atom is 0.163 e. The number of piperidine rings is 1. The minimum atomic E-state index is 0.244. The van der Waals surface area contributed by atoms with Gasteiger partial charge in [0.15, 0.2) is 5.82 Å². The van der Waals surface area contributed by atoms with Gasteiger partial charge in [-0.1, -0.05) is 42.5 Å². The number of rotatable bonds is 5. The van der Waals surface area contributed by atoms with Crippen LogP contribution in [0.4, 0.5) is 5.82 Å². The Morgan fingerprint density at radius 2 is 2.03 bits per heavy atom. The third-order valence-corrected chi connectivity index (χ3v) is 6.28. The molecule has 0 bridgehead atoms. The number of H-pyrrole nitrogens is 1. The molecule has 3 heterocycles. The number of nitrogens with zero attached hydrogens (tertiary/aromatic N) is 4. The van der Waals surface area contributed by atoms with Crippen LogP contribution in [0.1, 0.15) is 24.0 Å². The van der Waals surface area contributed by atoms with Gasteiger partial charge in [0.1, 0.15) is 11.6 Å². The monoisotopic (exact) mass is 410 g/mol. The molecule has 0 radical (unpaired) electrons. The molecule has 0 unspecified atom stereocenters. The van der Waals surface area contributed by atoms with Crippen molar-refractivity contribution in [2.24, 2.45) is 5.92 Å². The number of aromatic nitrogens is 3. The van der Waals surface area contributed by atoms with Crippen LogP contribution in [0.25, 0.3) is 22.2 Å². The summed E-state index contributed by atoms with van der Waals surface area (Å²) in [7, 11) is 0. The van der Waals surface area contributed by atoms with Crippen LogP contribution in [0, 0.1) is 17.2 Å². The van der Waals surface area contributed by atoms with Crippen molar-refractivity contribution >= 4 is 16.7 Å². The van der Waals surface area contributed by atoms with E-state index < -0.39 is 0 Å². The molecule has 3 N–H and O–H groups in total. The second-order valence-electron chi connectivity index (χ2n) is 8.44. The van der Waals surface area contributed by atoms with Crippen LogP contribution in [0.5, 0.6) is 0 Å². The summed E-state index contributed by atoms with van der Waals surface area (Å²) in [5.74, 6) is 0.864. The predicted octanol–water partition coefficient (Wildman–Crippen LogP) is 4.40. The van der Waals surface area contributed by atoms with Gasteiger partial charge in [0.25, 0.3) is 0 Å². The maximum atomic E-state index is 9.42. The lowest BCUT2D eigenvalue weighted by Crippen LogP contribution is -2.36. The number of aromatic amines is 1. The second-order valence-corrected chi connectivity index (χ2v) is 8.44. The molecule has 0 aliphatic carbocycles. The Bertz CT molecular complexity index is 1230. The van der Waals surface area contributed by atoms with E-state index in [4.69, 9.17) is 5.73 Å². The van der Waals surface area contributed by atoms with Gasteiger partial charge in [-0.25, -0.2) is 0 Å². The standard InChI is InChI=1S/C25H26N6/c26-14-22-24(28-29-25(22)27)21-9-8-20-10-12-31(23(20)13-21)17-19-7-4-11-30(16-19)15-18-5-2-1-3-6-18/h1-3,5-6,8-10,12-13,19H,4,7,11,15-17H2,(H3,27,28,29)/t19-/m1/s1. The van der Waals surface area contributed by atoms with Crippen LogP contribution >= 0.6 is 0 Å². The van der Waals surface area contributed by atoms with Gasteiger partial charge in [0, 0.05) is 36.9 Å². The summed E-state index contributed by atoms with van der Waals surface area (Å²) in [6.07, 6.45) is 4.67. The SMILES string of the molecule is N#Cc1c(N)n[nH]c1-c1ccc2ccn(C[C@@H]3CCCN(Cc4ccccc4)C3)c2c1.